The Morgan fingerprint density at radius 2 is 1.19 bits per heavy atom. The SMILES string of the molecule is CCOc1cccc(-c2cc3cc4ccc([nH]4)c(OCC)c4nc(c(OCC)c5nc(c(OCC)c2[nH]3)C=C5)C=C4)c1. The summed E-state index contributed by atoms with van der Waals surface area (Å²) in [6, 6.07) is 16.3. The number of fused-ring (bicyclic) bond motifs is 8. The summed E-state index contributed by atoms with van der Waals surface area (Å²) in [4.78, 5) is 17.0. The topological polar surface area (TPSA) is 94.3 Å². The molecule has 0 atom stereocenters. The number of hydrogen-bond donors (Lipinski definition) is 2. The van der Waals surface area contributed by atoms with E-state index in [0.717, 1.165) is 44.6 Å². The molecule has 0 spiro atoms. The minimum atomic E-state index is 0.472. The summed E-state index contributed by atoms with van der Waals surface area (Å²) in [5.74, 6) is 2.74. The van der Waals surface area contributed by atoms with Crippen molar-refractivity contribution in [2.75, 3.05) is 26.4 Å². The van der Waals surface area contributed by atoms with Gasteiger partial charge in [0.25, 0.3) is 0 Å². The van der Waals surface area contributed by atoms with Crippen LogP contribution in [0.5, 0.6) is 23.0 Å². The van der Waals surface area contributed by atoms with Gasteiger partial charge in [0.2, 0.25) is 0 Å². The second kappa shape index (κ2) is 11.9. The summed E-state index contributed by atoms with van der Waals surface area (Å²) in [5.41, 5.74) is 8.24. The molecular formula is C34H34N4O4. The van der Waals surface area contributed by atoms with Crippen LogP contribution in [-0.2, 0) is 0 Å². The van der Waals surface area contributed by atoms with Crippen LogP contribution in [0.3, 0.4) is 0 Å². The third-order valence-corrected chi connectivity index (χ3v) is 6.86. The minimum Gasteiger partial charge on any atom is -0.494 e. The van der Waals surface area contributed by atoms with Crippen molar-refractivity contribution >= 4 is 46.4 Å². The van der Waals surface area contributed by atoms with Crippen molar-refractivity contribution in [3.05, 3.63) is 71.3 Å². The molecule has 3 aromatic heterocycles. The Morgan fingerprint density at radius 1 is 0.571 bits per heavy atom. The largest absolute Gasteiger partial charge is 0.494 e. The molecule has 2 N–H and O–H groups in total. The number of hydrogen-bond acceptors (Lipinski definition) is 6. The first-order valence-electron chi connectivity index (χ1n) is 14.4. The molecule has 2 aliphatic heterocycles. The maximum absolute atomic E-state index is 6.30. The van der Waals surface area contributed by atoms with Crippen molar-refractivity contribution in [1.29, 1.82) is 0 Å². The van der Waals surface area contributed by atoms with Gasteiger partial charge in [0.1, 0.15) is 28.5 Å². The van der Waals surface area contributed by atoms with E-state index in [2.05, 4.69) is 28.2 Å². The number of benzene rings is 1. The van der Waals surface area contributed by atoms with Crippen molar-refractivity contribution in [3.8, 4) is 34.1 Å². The predicted molar refractivity (Wildman–Crippen MR) is 169 cm³/mol. The van der Waals surface area contributed by atoms with Crippen molar-refractivity contribution in [3.63, 3.8) is 0 Å². The Balaban J connectivity index is 1.74. The van der Waals surface area contributed by atoms with Crippen LogP contribution >= 0.6 is 0 Å². The molecule has 42 heavy (non-hydrogen) atoms. The van der Waals surface area contributed by atoms with Crippen LogP contribution in [0.15, 0.2) is 48.5 Å². The molecule has 0 radical (unpaired) electrons. The van der Waals surface area contributed by atoms with Gasteiger partial charge in [-0.25, -0.2) is 9.97 Å². The summed E-state index contributed by atoms with van der Waals surface area (Å²) in [7, 11) is 0. The maximum Gasteiger partial charge on any atom is 0.170 e. The smallest absolute Gasteiger partial charge is 0.170 e. The predicted octanol–water partition coefficient (Wildman–Crippen LogP) is 7.92. The average molecular weight is 563 g/mol. The normalized spacial score (nSPS) is 12.0. The highest BCUT2D eigenvalue weighted by Gasteiger charge is 2.19. The number of H-pyrrole nitrogens is 2. The molecule has 5 heterocycles. The molecule has 214 valence electrons. The molecule has 2 aliphatic rings. The number of rotatable bonds is 9. The molecule has 0 saturated carbocycles. The zero-order valence-corrected chi connectivity index (χ0v) is 24.3. The van der Waals surface area contributed by atoms with Gasteiger partial charge in [0.15, 0.2) is 17.2 Å². The molecule has 8 nitrogen and oxygen atoms in total. The summed E-state index contributed by atoms with van der Waals surface area (Å²) in [6.07, 6.45) is 7.79. The number of ether oxygens (including phenoxy) is 4. The fraction of sp³-hybridized carbons (Fsp3) is 0.235. The summed E-state index contributed by atoms with van der Waals surface area (Å²) < 4.78 is 24.3. The van der Waals surface area contributed by atoms with E-state index in [1.165, 1.54) is 0 Å². The first-order chi connectivity index (χ1) is 20.6. The van der Waals surface area contributed by atoms with Gasteiger partial charge in [-0.05, 0) is 94.0 Å². The third-order valence-electron chi connectivity index (χ3n) is 6.86. The van der Waals surface area contributed by atoms with Crippen LogP contribution in [0.25, 0.3) is 57.5 Å². The summed E-state index contributed by atoms with van der Waals surface area (Å²) >= 11 is 0. The Morgan fingerprint density at radius 3 is 1.88 bits per heavy atom. The van der Waals surface area contributed by atoms with Crippen LogP contribution in [0.1, 0.15) is 50.5 Å². The van der Waals surface area contributed by atoms with Gasteiger partial charge in [-0.2, -0.15) is 0 Å². The van der Waals surface area contributed by atoms with E-state index in [4.69, 9.17) is 28.9 Å². The fourth-order valence-corrected chi connectivity index (χ4v) is 5.18. The molecule has 1 aromatic carbocycles. The van der Waals surface area contributed by atoms with Crippen LogP contribution < -0.4 is 18.9 Å². The lowest BCUT2D eigenvalue weighted by Crippen LogP contribution is -1.98. The van der Waals surface area contributed by atoms with Crippen LogP contribution in [0, 0.1) is 0 Å². The standard InChI is InChI=1S/C34H34N4O4/c1-5-39-24-11-9-10-21(18-24)25-20-23-19-22-12-13-26(35-22)32(40-6-2)27-14-15-28(37-27)33(41-7-3)29-16-17-30(38-29)34(42-8-4)31(25)36-23/h9-20,35-36H,5-8H2,1-4H3. The van der Waals surface area contributed by atoms with Crippen LogP contribution in [0.4, 0.5) is 0 Å². The van der Waals surface area contributed by atoms with E-state index in [0.29, 0.717) is 60.8 Å². The van der Waals surface area contributed by atoms with Crippen molar-refractivity contribution in [1.82, 2.24) is 19.9 Å². The van der Waals surface area contributed by atoms with E-state index in [1.54, 1.807) is 0 Å². The first-order valence-corrected chi connectivity index (χ1v) is 14.4. The van der Waals surface area contributed by atoms with Crippen molar-refractivity contribution in [2.24, 2.45) is 0 Å². The average Bonchev–Trinajstić information content (AvgIpc) is 3.81. The molecule has 0 saturated heterocycles. The lowest BCUT2D eigenvalue weighted by molar-refractivity contribution is 0.335. The molecule has 8 heteroatoms. The highest BCUT2D eigenvalue weighted by atomic mass is 16.5. The molecule has 0 unspecified atom stereocenters. The Labute approximate surface area is 244 Å². The number of aromatic nitrogens is 4. The van der Waals surface area contributed by atoms with Gasteiger partial charge in [-0.15, -0.1) is 0 Å². The van der Waals surface area contributed by atoms with E-state index in [-0.39, 0.29) is 0 Å². The lowest BCUT2D eigenvalue weighted by Gasteiger charge is -2.09. The Hall–Kier alpha value is -4.98. The lowest BCUT2D eigenvalue weighted by atomic mass is 10.1. The van der Waals surface area contributed by atoms with Crippen LogP contribution in [0.2, 0.25) is 0 Å². The van der Waals surface area contributed by atoms with E-state index >= 15 is 0 Å². The molecule has 6 rings (SSSR count). The van der Waals surface area contributed by atoms with Crippen LogP contribution in [-0.4, -0.2) is 46.4 Å². The van der Waals surface area contributed by atoms with Gasteiger partial charge in [-0.3, -0.25) is 0 Å². The second-order valence-electron chi connectivity index (χ2n) is 9.66. The van der Waals surface area contributed by atoms with Gasteiger partial charge in [0.05, 0.1) is 37.5 Å². The molecule has 4 aromatic rings. The summed E-state index contributed by atoms with van der Waals surface area (Å²) in [5, 5.41) is 0. The Kier molecular flexibility index (Phi) is 7.68. The molecule has 8 bridgehead atoms. The molecular weight excluding hydrogens is 528 g/mol. The molecule has 0 amide bonds. The highest BCUT2D eigenvalue weighted by molar-refractivity contribution is 5.93. The Bertz CT molecular complexity index is 1850. The van der Waals surface area contributed by atoms with Gasteiger partial charge < -0.3 is 28.9 Å². The number of nitrogens with one attached hydrogen (secondary N) is 2. The molecule has 0 fully saturated rings. The van der Waals surface area contributed by atoms with Crippen molar-refractivity contribution < 1.29 is 18.9 Å². The molecule has 0 aliphatic carbocycles. The van der Waals surface area contributed by atoms with Gasteiger partial charge >= 0.3 is 0 Å². The maximum atomic E-state index is 6.30. The zero-order valence-electron chi connectivity index (χ0n) is 24.3. The third kappa shape index (κ3) is 5.23. The second-order valence-corrected chi connectivity index (χ2v) is 9.66. The first kappa shape index (κ1) is 27.2. The zero-order chi connectivity index (χ0) is 29.1. The highest BCUT2D eigenvalue weighted by Crippen LogP contribution is 2.38. The quantitative estimate of drug-likeness (QED) is 0.186. The fourth-order valence-electron chi connectivity index (χ4n) is 5.18. The van der Waals surface area contributed by atoms with E-state index < -0.39 is 0 Å². The van der Waals surface area contributed by atoms with E-state index in [9.17, 15) is 0 Å². The summed E-state index contributed by atoms with van der Waals surface area (Å²) in [6.45, 7) is 9.92. The number of aromatic amines is 2. The monoisotopic (exact) mass is 562 g/mol. The van der Waals surface area contributed by atoms with Gasteiger partial charge in [0, 0.05) is 16.6 Å². The van der Waals surface area contributed by atoms with E-state index in [1.807, 2.05) is 82.3 Å². The minimum absolute atomic E-state index is 0.472. The number of nitrogens with zero attached hydrogens (tertiary/aromatic N) is 2. The van der Waals surface area contributed by atoms with Crippen molar-refractivity contribution in [2.45, 2.75) is 27.7 Å². The van der Waals surface area contributed by atoms with Gasteiger partial charge in [-0.1, -0.05) is 12.1 Å².